The molecule has 4 rings (SSSR count). The summed E-state index contributed by atoms with van der Waals surface area (Å²) in [5.41, 5.74) is 6.00. The zero-order valence-electron chi connectivity index (χ0n) is 16.2. The van der Waals surface area contributed by atoms with Gasteiger partial charge in [0.2, 0.25) is 0 Å². The molecule has 6 nitrogen and oxygen atoms in total. The third-order valence-electron chi connectivity index (χ3n) is 4.58. The molecule has 0 fully saturated rings. The van der Waals surface area contributed by atoms with E-state index in [4.69, 9.17) is 21.3 Å². The summed E-state index contributed by atoms with van der Waals surface area (Å²) >= 11 is 6.01. The van der Waals surface area contributed by atoms with Crippen LogP contribution in [0.2, 0.25) is 5.02 Å². The molecule has 30 heavy (non-hydrogen) atoms. The van der Waals surface area contributed by atoms with E-state index >= 15 is 0 Å². The summed E-state index contributed by atoms with van der Waals surface area (Å²) in [6, 6.07) is 22.5. The molecule has 1 amide bonds. The van der Waals surface area contributed by atoms with Gasteiger partial charge in [0.15, 0.2) is 0 Å². The number of fused-ring (bicyclic) bond motifs is 1. The number of hydrogen-bond donors (Lipinski definition) is 1. The average Bonchev–Trinajstić information content (AvgIpc) is 3.13. The molecule has 0 spiro atoms. The van der Waals surface area contributed by atoms with Gasteiger partial charge in [-0.2, -0.15) is 5.10 Å². The Bertz CT molecular complexity index is 1200. The van der Waals surface area contributed by atoms with Crippen LogP contribution < -0.4 is 10.2 Å². The summed E-state index contributed by atoms with van der Waals surface area (Å²) in [5.74, 6) is 1.21. The summed E-state index contributed by atoms with van der Waals surface area (Å²) in [4.78, 5) is 17.3. The summed E-state index contributed by atoms with van der Waals surface area (Å²) in [7, 11) is 1.61. The van der Waals surface area contributed by atoms with E-state index < -0.39 is 0 Å². The third-order valence-corrected chi connectivity index (χ3v) is 4.83. The molecule has 0 bridgehead atoms. The third kappa shape index (κ3) is 4.34. The first-order chi connectivity index (χ1) is 14.6. The lowest BCUT2D eigenvalue weighted by molar-refractivity contribution is -0.121. The molecule has 3 aromatic carbocycles. The molecule has 4 aromatic rings. The number of carbonyl (C=O) groups excluding carboxylic acids is 1. The van der Waals surface area contributed by atoms with Gasteiger partial charge < -0.3 is 9.30 Å². The number of aromatic nitrogens is 2. The fourth-order valence-corrected chi connectivity index (χ4v) is 3.23. The van der Waals surface area contributed by atoms with Gasteiger partial charge in [-0.3, -0.25) is 4.79 Å². The number of hydrazone groups is 1. The van der Waals surface area contributed by atoms with Crippen LogP contribution in [0.1, 0.15) is 5.56 Å². The zero-order chi connectivity index (χ0) is 20.9. The van der Waals surface area contributed by atoms with Gasteiger partial charge in [0.1, 0.15) is 18.1 Å². The van der Waals surface area contributed by atoms with Crippen LogP contribution in [0.15, 0.2) is 77.9 Å². The van der Waals surface area contributed by atoms with Crippen molar-refractivity contribution in [2.24, 2.45) is 5.10 Å². The number of rotatable bonds is 6. The van der Waals surface area contributed by atoms with Crippen LogP contribution in [-0.2, 0) is 11.3 Å². The van der Waals surface area contributed by atoms with E-state index in [-0.39, 0.29) is 12.5 Å². The number of para-hydroxylation sites is 2. The van der Waals surface area contributed by atoms with Crippen LogP contribution in [0, 0.1) is 0 Å². The zero-order valence-corrected chi connectivity index (χ0v) is 17.0. The van der Waals surface area contributed by atoms with E-state index in [0.717, 1.165) is 27.9 Å². The number of ether oxygens (including phenoxy) is 1. The number of amides is 1. The predicted molar refractivity (Wildman–Crippen MR) is 119 cm³/mol. The molecule has 1 heterocycles. The van der Waals surface area contributed by atoms with Gasteiger partial charge in [-0.15, -0.1) is 0 Å². The second-order valence-corrected chi connectivity index (χ2v) is 7.02. The number of imidazole rings is 1. The summed E-state index contributed by atoms with van der Waals surface area (Å²) < 4.78 is 7.00. The highest BCUT2D eigenvalue weighted by molar-refractivity contribution is 6.30. The molecular formula is C23H19ClN4O2. The largest absolute Gasteiger partial charge is 0.497 e. The normalized spacial score (nSPS) is 11.1. The van der Waals surface area contributed by atoms with Crippen LogP contribution in [0.4, 0.5) is 0 Å². The minimum absolute atomic E-state index is 0.0818. The Morgan fingerprint density at radius 1 is 1.10 bits per heavy atom. The maximum absolute atomic E-state index is 12.6. The van der Waals surface area contributed by atoms with E-state index in [1.165, 1.54) is 0 Å². The maximum atomic E-state index is 12.6. The number of nitrogens with zero attached hydrogens (tertiary/aromatic N) is 3. The van der Waals surface area contributed by atoms with E-state index in [9.17, 15) is 4.79 Å². The van der Waals surface area contributed by atoms with Gasteiger partial charge in [0.25, 0.3) is 5.91 Å². The molecule has 150 valence electrons. The lowest BCUT2D eigenvalue weighted by Gasteiger charge is -2.08. The Morgan fingerprint density at radius 2 is 1.83 bits per heavy atom. The van der Waals surface area contributed by atoms with Crippen molar-refractivity contribution in [1.29, 1.82) is 0 Å². The molecule has 0 saturated carbocycles. The quantitative estimate of drug-likeness (QED) is 0.370. The molecule has 0 aliphatic heterocycles. The van der Waals surface area contributed by atoms with E-state index in [1.54, 1.807) is 25.5 Å². The second-order valence-electron chi connectivity index (χ2n) is 6.58. The number of carbonyl (C=O) groups is 1. The first-order valence-corrected chi connectivity index (χ1v) is 9.69. The standard InChI is InChI=1S/C23H19ClN4O2/c1-30-19-12-6-16(7-13-19)14-25-27-22(29)15-28-21-5-3-2-4-20(21)26-23(28)17-8-10-18(24)11-9-17/h2-14H,15H2,1H3,(H,27,29)/b25-14-. The van der Waals surface area contributed by atoms with Crippen LogP contribution in [0.5, 0.6) is 5.75 Å². The van der Waals surface area contributed by atoms with Crippen molar-refractivity contribution in [2.45, 2.75) is 6.54 Å². The van der Waals surface area contributed by atoms with Gasteiger partial charge in [-0.25, -0.2) is 10.4 Å². The van der Waals surface area contributed by atoms with Gasteiger partial charge in [-0.1, -0.05) is 23.7 Å². The van der Waals surface area contributed by atoms with E-state index in [2.05, 4.69) is 10.5 Å². The minimum Gasteiger partial charge on any atom is -0.497 e. The Balaban J connectivity index is 1.55. The van der Waals surface area contributed by atoms with Crippen molar-refractivity contribution >= 4 is 34.8 Å². The second kappa shape index (κ2) is 8.80. The SMILES string of the molecule is COc1ccc(/C=N\NC(=O)Cn2c(-c3ccc(Cl)cc3)nc3ccccc32)cc1. The van der Waals surface area contributed by atoms with E-state index in [1.807, 2.05) is 65.2 Å². The number of methoxy groups -OCH3 is 1. The fourth-order valence-electron chi connectivity index (χ4n) is 3.10. The number of nitrogens with one attached hydrogen (secondary N) is 1. The van der Waals surface area contributed by atoms with E-state index in [0.29, 0.717) is 10.8 Å². The van der Waals surface area contributed by atoms with Gasteiger partial charge in [0, 0.05) is 10.6 Å². The van der Waals surface area contributed by atoms with Gasteiger partial charge in [-0.05, 0) is 66.2 Å². The molecule has 0 atom stereocenters. The first-order valence-electron chi connectivity index (χ1n) is 9.31. The molecule has 0 unspecified atom stereocenters. The predicted octanol–water partition coefficient (Wildman–Crippen LogP) is 4.52. The first kappa shape index (κ1) is 19.7. The van der Waals surface area contributed by atoms with Crippen molar-refractivity contribution in [3.63, 3.8) is 0 Å². The average molecular weight is 419 g/mol. The smallest absolute Gasteiger partial charge is 0.260 e. The highest BCUT2D eigenvalue weighted by Crippen LogP contribution is 2.25. The number of halogens is 1. The Labute approximate surface area is 178 Å². The van der Waals surface area contributed by atoms with Crippen LogP contribution in [0.25, 0.3) is 22.4 Å². The summed E-state index contributed by atoms with van der Waals surface area (Å²) in [5, 5.41) is 4.70. The Kier molecular flexibility index (Phi) is 5.77. The summed E-state index contributed by atoms with van der Waals surface area (Å²) in [6.45, 7) is 0.0818. The molecular weight excluding hydrogens is 400 g/mol. The van der Waals surface area contributed by atoms with Crippen molar-refractivity contribution in [3.8, 4) is 17.1 Å². The lowest BCUT2D eigenvalue weighted by atomic mass is 10.2. The highest BCUT2D eigenvalue weighted by atomic mass is 35.5. The fraction of sp³-hybridized carbons (Fsp3) is 0.0870. The topological polar surface area (TPSA) is 68.5 Å². The number of hydrogen-bond acceptors (Lipinski definition) is 4. The van der Waals surface area contributed by atoms with Crippen molar-refractivity contribution in [3.05, 3.63) is 83.4 Å². The Hall–Kier alpha value is -3.64. The monoisotopic (exact) mass is 418 g/mol. The van der Waals surface area contributed by atoms with Crippen molar-refractivity contribution in [2.75, 3.05) is 7.11 Å². The van der Waals surface area contributed by atoms with Crippen LogP contribution in [-0.4, -0.2) is 28.8 Å². The molecule has 0 saturated heterocycles. The van der Waals surface area contributed by atoms with Gasteiger partial charge >= 0.3 is 0 Å². The van der Waals surface area contributed by atoms with Crippen LogP contribution in [0.3, 0.4) is 0 Å². The van der Waals surface area contributed by atoms with Crippen molar-refractivity contribution in [1.82, 2.24) is 15.0 Å². The maximum Gasteiger partial charge on any atom is 0.260 e. The molecule has 0 aliphatic carbocycles. The van der Waals surface area contributed by atoms with Crippen molar-refractivity contribution < 1.29 is 9.53 Å². The number of benzene rings is 3. The molecule has 0 radical (unpaired) electrons. The molecule has 1 N–H and O–H groups in total. The summed E-state index contributed by atoms with van der Waals surface area (Å²) in [6.07, 6.45) is 1.59. The molecule has 1 aromatic heterocycles. The lowest BCUT2D eigenvalue weighted by Crippen LogP contribution is -2.23. The van der Waals surface area contributed by atoms with Gasteiger partial charge in [0.05, 0.1) is 24.4 Å². The van der Waals surface area contributed by atoms with Crippen LogP contribution >= 0.6 is 11.6 Å². The Morgan fingerprint density at radius 3 is 2.57 bits per heavy atom. The molecule has 0 aliphatic rings. The highest BCUT2D eigenvalue weighted by Gasteiger charge is 2.15. The minimum atomic E-state index is -0.252. The molecule has 7 heteroatoms.